The average molecular weight is 280 g/mol. The van der Waals surface area contributed by atoms with E-state index in [9.17, 15) is 0 Å². The van der Waals surface area contributed by atoms with Gasteiger partial charge in [-0.1, -0.05) is 6.07 Å². The maximum atomic E-state index is 2.82. The van der Waals surface area contributed by atoms with Crippen LogP contribution in [0.4, 0.5) is 0 Å². The lowest BCUT2D eigenvalue weighted by Crippen LogP contribution is -1.86. The Morgan fingerprint density at radius 1 is 0.812 bits per heavy atom. The Bertz CT molecular complexity index is 589. The minimum Gasteiger partial charge on any atom is -0.144 e. The molecular formula is C12H9PS3. The molecule has 3 aromatic heterocycles. The Morgan fingerprint density at radius 2 is 1.62 bits per heavy atom. The summed E-state index contributed by atoms with van der Waals surface area (Å²) in [7, 11) is 2.82. The lowest BCUT2D eigenvalue weighted by molar-refractivity contribution is 1.88. The van der Waals surface area contributed by atoms with E-state index in [1.165, 1.54) is 25.5 Å². The zero-order valence-corrected chi connectivity index (χ0v) is 11.9. The topological polar surface area (TPSA) is 0 Å². The van der Waals surface area contributed by atoms with Gasteiger partial charge in [-0.3, -0.25) is 0 Å². The summed E-state index contributed by atoms with van der Waals surface area (Å²) in [5.41, 5.74) is 1.37. The van der Waals surface area contributed by atoms with Crippen LogP contribution in [0, 0.1) is 0 Å². The second-order valence-corrected chi connectivity index (χ2v) is 6.75. The Balaban J connectivity index is 2.17. The summed E-state index contributed by atoms with van der Waals surface area (Å²) in [6, 6.07) is 8.67. The van der Waals surface area contributed by atoms with Crippen molar-refractivity contribution in [2.24, 2.45) is 0 Å². The molecule has 0 aromatic carbocycles. The van der Waals surface area contributed by atoms with Crippen LogP contribution in [0.3, 0.4) is 0 Å². The minimum absolute atomic E-state index is 1.30. The lowest BCUT2D eigenvalue weighted by Gasteiger charge is -2.00. The fraction of sp³-hybridized carbons (Fsp3) is 0. The molecular weight excluding hydrogens is 271 g/mol. The molecule has 0 saturated carbocycles. The molecule has 1 atom stereocenters. The summed E-state index contributed by atoms with van der Waals surface area (Å²) >= 11 is 5.44. The zero-order chi connectivity index (χ0) is 11.0. The molecule has 3 heterocycles. The quantitative estimate of drug-likeness (QED) is 0.597. The maximum Gasteiger partial charge on any atom is 0.0535 e. The van der Waals surface area contributed by atoms with E-state index in [4.69, 9.17) is 0 Å². The molecule has 0 N–H and O–H groups in total. The minimum atomic E-state index is 1.30. The van der Waals surface area contributed by atoms with Crippen LogP contribution >= 0.6 is 43.3 Å². The molecule has 4 heteroatoms. The number of rotatable bonds is 2. The molecule has 16 heavy (non-hydrogen) atoms. The number of thiophene rings is 3. The second-order valence-electron chi connectivity index (χ2n) is 3.35. The van der Waals surface area contributed by atoms with Gasteiger partial charge in [0.25, 0.3) is 0 Å². The van der Waals surface area contributed by atoms with Crippen LogP contribution in [0.5, 0.6) is 0 Å². The van der Waals surface area contributed by atoms with Crippen molar-refractivity contribution >= 4 is 48.6 Å². The third-order valence-electron chi connectivity index (χ3n) is 2.35. The summed E-state index contributed by atoms with van der Waals surface area (Å²) in [5.74, 6) is 0. The summed E-state index contributed by atoms with van der Waals surface area (Å²) in [5, 5.41) is 7.75. The summed E-state index contributed by atoms with van der Waals surface area (Å²) in [4.78, 5) is 4.12. The maximum absolute atomic E-state index is 2.82. The predicted octanol–water partition coefficient (Wildman–Crippen LogP) is 4.71. The molecule has 3 rings (SSSR count). The Kier molecular flexibility index (Phi) is 2.95. The van der Waals surface area contributed by atoms with Gasteiger partial charge in [-0.25, -0.2) is 0 Å². The Hall–Kier alpha value is -0.470. The van der Waals surface area contributed by atoms with Crippen LogP contribution in [0.1, 0.15) is 0 Å². The van der Waals surface area contributed by atoms with E-state index in [0.717, 1.165) is 0 Å². The summed E-state index contributed by atoms with van der Waals surface area (Å²) < 4.78 is 0. The summed E-state index contributed by atoms with van der Waals surface area (Å²) in [6.07, 6.45) is 0. The van der Waals surface area contributed by atoms with Crippen LogP contribution < -0.4 is 5.30 Å². The van der Waals surface area contributed by atoms with Gasteiger partial charge in [0.15, 0.2) is 0 Å². The van der Waals surface area contributed by atoms with Crippen molar-refractivity contribution < 1.29 is 0 Å². The Morgan fingerprint density at radius 3 is 2.31 bits per heavy atom. The van der Waals surface area contributed by atoms with Crippen molar-refractivity contribution in [3.8, 4) is 20.2 Å². The van der Waals surface area contributed by atoms with Gasteiger partial charge in [-0.05, 0) is 39.6 Å². The van der Waals surface area contributed by atoms with Gasteiger partial charge >= 0.3 is 0 Å². The highest BCUT2D eigenvalue weighted by Crippen LogP contribution is 2.40. The largest absolute Gasteiger partial charge is 0.144 e. The van der Waals surface area contributed by atoms with Gasteiger partial charge in [-0.2, -0.15) is 0 Å². The van der Waals surface area contributed by atoms with E-state index in [2.05, 4.69) is 49.6 Å². The molecule has 0 aliphatic heterocycles. The van der Waals surface area contributed by atoms with Crippen molar-refractivity contribution in [3.05, 3.63) is 40.4 Å². The zero-order valence-electron chi connectivity index (χ0n) is 8.34. The first-order valence-electron chi connectivity index (χ1n) is 4.81. The van der Waals surface area contributed by atoms with Crippen molar-refractivity contribution in [2.45, 2.75) is 0 Å². The second kappa shape index (κ2) is 4.42. The molecule has 0 spiro atoms. The van der Waals surface area contributed by atoms with Crippen LogP contribution in [0.2, 0.25) is 0 Å². The van der Waals surface area contributed by atoms with Crippen molar-refractivity contribution in [2.75, 3.05) is 0 Å². The highest BCUT2D eigenvalue weighted by atomic mass is 32.1. The highest BCUT2D eigenvalue weighted by Gasteiger charge is 2.12. The molecule has 0 radical (unpaired) electrons. The third kappa shape index (κ3) is 1.78. The molecule has 0 aliphatic carbocycles. The average Bonchev–Trinajstić information content (AvgIpc) is 2.95. The molecule has 0 amide bonds. The Labute approximate surface area is 109 Å². The predicted molar refractivity (Wildman–Crippen MR) is 80.3 cm³/mol. The molecule has 1 unspecified atom stereocenters. The molecule has 80 valence electrons. The van der Waals surface area contributed by atoms with Crippen LogP contribution in [-0.2, 0) is 0 Å². The van der Waals surface area contributed by atoms with Gasteiger partial charge in [0.2, 0.25) is 0 Å². The lowest BCUT2D eigenvalue weighted by atomic mass is 10.2. The van der Waals surface area contributed by atoms with Gasteiger partial charge in [0.05, 0.1) is 9.75 Å². The van der Waals surface area contributed by atoms with E-state index in [1.54, 1.807) is 11.3 Å². The van der Waals surface area contributed by atoms with Gasteiger partial charge < -0.3 is 0 Å². The van der Waals surface area contributed by atoms with E-state index in [0.29, 0.717) is 0 Å². The fourth-order valence-corrected chi connectivity index (χ4v) is 5.06. The van der Waals surface area contributed by atoms with Crippen LogP contribution in [-0.4, -0.2) is 0 Å². The van der Waals surface area contributed by atoms with Gasteiger partial charge in [0.1, 0.15) is 0 Å². The molecule has 0 bridgehead atoms. The summed E-state index contributed by atoms with van der Waals surface area (Å²) in [6.45, 7) is 0. The fourth-order valence-electron chi connectivity index (χ4n) is 1.61. The smallest absolute Gasteiger partial charge is 0.0535 e. The van der Waals surface area contributed by atoms with Gasteiger partial charge in [0, 0.05) is 10.4 Å². The van der Waals surface area contributed by atoms with Crippen LogP contribution in [0.15, 0.2) is 40.4 Å². The first-order valence-corrected chi connectivity index (χ1v) is 8.02. The molecule has 0 nitrogen and oxygen atoms in total. The third-order valence-corrected chi connectivity index (χ3v) is 5.96. The first kappa shape index (κ1) is 10.7. The van der Waals surface area contributed by atoms with Crippen molar-refractivity contribution in [1.82, 2.24) is 0 Å². The van der Waals surface area contributed by atoms with Crippen LogP contribution in [0.25, 0.3) is 20.2 Å². The van der Waals surface area contributed by atoms with Gasteiger partial charge in [-0.15, -0.1) is 43.3 Å². The van der Waals surface area contributed by atoms with E-state index in [-0.39, 0.29) is 0 Å². The first-order chi connectivity index (χ1) is 7.86. The van der Waals surface area contributed by atoms with E-state index in [1.807, 2.05) is 22.7 Å². The molecule has 0 saturated heterocycles. The monoisotopic (exact) mass is 280 g/mol. The van der Waals surface area contributed by atoms with Crippen molar-refractivity contribution in [1.29, 1.82) is 0 Å². The molecule has 0 fully saturated rings. The van der Waals surface area contributed by atoms with E-state index < -0.39 is 0 Å². The number of hydrogen-bond acceptors (Lipinski definition) is 3. The standard InChI is InChI=1S/C12H9PS3/c13-9-4-7-16-12(9)11-8(3-6-15-11)10-2-1-5-14-10/h1-7H,13H2. The molecule has 0 aliphatic rings. The number of hydrogen-bond donors (Lipinski definition) is 0. The normalized spacial score (nSPS) is 10.8. The molecule has 3 aromatic rings. The van der Waals surface area contributed by atoms with E-state index >= 15 is 0 Å². The van der Waals surface area contributed by atoms with Crippen molar-refractivity contribution in [3.63, 3.8) is 0 Å². The highest BCUT2D eigenvalue weighted by molar-refractivity contribution is 7.32. The SMILES string of the molecule is Pc1ccsc1-c1sccc1-c1cccs1.